The molecule has 0 radical (unpaired) electrons. The lowest BCUT2D eigenvalue weighted by molar-refractivity contribution is 0.0945. The monoisotopic (exact) mass is 243 g/mol. The Kier molecular flexibility index (Phi) is 4.52. The number of nitrogens with two attached hydrogens (primary N) is 1. The molecule has 0 aliphatic heterocycles. The second-order valence-corrected chi connectivity index (χ2v) is 3.57. The van der Waals surface area contributed by atoms with Crippen LogP contribution in [0.15, 0.2) is 6.07 Å². The molecule has 0 saturated heterocycles. The molecule has 1 rings (SSSR count). The maximum Gasteiger partial charge on any atom is 0.253 e. The number of aliphatic hydroxyl groups is 1. The summed E-state index contributed by atoms with van der Waals surface area (Å²) in [4.78, 5) is 15.7. The number of nitrogens with zero attached hydrogens (tertiary/aromatic N) is 1. The van der Waals surface area contributed by atoms with Crippen LogP contribution in [0, 0.1) is 0 Å². The number of hydrogen-bond acceptors (Lipinski definition) is 4. The molecule has 1 amide bonds. The van der Waals surface area contributed by atoms with Gasteiger partial charge in [-0.15, -0.1) is 0 Å². The summed E-state index contributed by atoms with van der Waals surface area (Å²) in [7, 11) is 0. The largest absolute Gasteiger partial charge is 0.397 e. The summed E-state index contributed by atoms with van der Waals surface area (Å²) in [5.74, 6) is -0.356. The Labute approximate surface area is 98.6 Å². The molecule has 6 heteroatoms. The Morgan fingerprint density at radius 3 is 2.94 bits per heavy atom. The summed E-state index contributed by atoms with van der Waals surface area (Å²) >= 11 is 5.78. The minimum atomic E-state index is -0.356. The van der Waals surface area contributed by atoms with Gasteiger partial charge in [0.1, 0.15) is 5.15 Å². The van der Waals surface area contributed by atoms with Crippen molar-refractivity contribution in [3.63, 3.8) is 0 Å². The fourth-order valence-corrected chi connectivity index (χ4v) is 1.51. The van der Waals surface area contributed by atoms with E-state index < -0.39 is 0 Å². The van der Waals surface area contributed by atoms with Crippen LogP contribution < -0.4 is 11.1 Å². The number of aryl methyl sites for hydroxylation is 1. The molecule has 88 valence electrons. The van der Waals surface area contributed by atoms with Crippen molar-refractivity contribution in [3.8, 4) is 0 Å². The summed E-state index contributed by atoms with van der Waals surface area (Å²) in [6.45, 7) is 1.94. The summed E-state index contributed by atoms with van der Waals surface area (Å²) in [5.41, 5.74) is 7.02. The molecule has 0 spiro atoms. The van der Waals surface area contributed by atoms with Crippen LogP contribution in [0.1, 0.15) is 23.0 Å². The lowest BCUT2D eigenvalue weighted by atomic mass is 10.1. The molecule has 5 nitrogen and oxygen atoms in total. The number of carbonyl (C=O) groups excluding carboxylic acids is 1. The predicted octanol–water partition coefficient (Wildman–Crippen LogP) is 0.602. The molecular weight excluding hydrogens is 230 g/mol. The van der Waals surface area contributed by atoms with Crippen LogP contribution in [0.2, 0.25) is 5.15 Å². The first-order chi connectivity index (χ1) is 7.60. The van der Waals surface area contributed by atoms with Gasteiger partial charge < -0.3 is 16.2 Å². The third-order valence-corrected chi connectivity index (χ3v) is 2.28. The van der Waals surface area contributed by atoms with Crippen molar-refractivity contribution < 1.29 is 9.90 Å². The van der Waals surface area contributed by atoms with E-state index in [-0.39, 0.29) is 24.2 Å². The van der Waals surface area contributed by atoms with Crippen molar-refractivity contribution in [2.24, 2.45) is 0 Å². The zero-order chi connectivity index (χ0) is 12.1. The van der Waals surface area contributed by atoms with Crippen LogP contribution in [-0.4, -0.2) is 29.1 Å². The molecule has 0 aliphatic carbocycles. The zero-order valence-corrected chi connectivity index (χ0v) is 9.71. The van der Waals surface area contributed by atoms with E-state index >= 15 is 0 Å². The van der Waals surface area contributed by atoms with Gasteiger partial charge in [0.2, 0.25) is 0 Å². The van der Waals surface area contributed by atoms with Crippen LogP contribution in [0.25, 0.3) is 0 Å². The molecule has 0 aromatic carbocycles. The number of nitrogens with one attached hydrogen (secondary N) is 1. The van der Waals surface area contributed by atoms with Gasteiger partial charge in [0, 0.05) is 6.54 Å². The van der Waals surface area contributed by atoms with Gasteiger partial charge in [-0.1, -0.05) is 18.5 Å². The van der Waals surface area contributed by atoms with E-state index in [9.17, 15) is 4.79 Å². The fraction of sp³-hybridized carbons (Fsp3) is 0.400. The second kappa shape index (κ2) is 5.67. The molecule has 0 aliphatic rings. The number of amides is 1. The van der Waals surface area contributed by atoms with Gasteiger partial charge in [0.25, 0.3) is 5.91 Å². The molecule has 1 aromatic heterocycles. The number of pyridine rings is 1. The summed E-state index contributed by atoms with van der Waals surface area (Å²) in [5, 5.41) is 11.4. The van der Waals surface area contributed by atoms with E-state index in [1.807, 2.05) is 6.92 Å². The van der Waals surface area contributed by atoms with Crippen molar-refractivity contribution in [1.82, 2.24) is 10.3 Å². The average molecular weight is 244 g/mol. The molecule has 0 saturated carbocycles. The molecule has 1 heterocycles. The maximum absolute atomic E-state index is 11.7. The highest BCUT2D eigenvalue weighted by molar-refractivity contribution is 6.30. The van der Waals surface area contributed by atoms with Crippen LogP contribution in [-0.2, 0) is 6.42 Å². The number of halogens is 1. The van der Waals surface area contributed by atoms with E-state index in [0.717, 1.165) is 0 Å². The number of hydrogen-bond donors (Lipinski definition) is 3. The number of aliphatic hydroxyl groups excluding tert-OH is 1. The van der Waals surface area contributed by atoms with Gasteiger partial charge in [-0.25, -0.2) is 4.98 Å². The van der Waals surface area contributed by atoms with Crippen molar-refractivity contribution in [2.75, 3.05) is 18.9 Å². The van der Waals surface area contributed by atoms with Gasteiger partial charge in [0.05, 0.1) is 23.6 Å². The lowest BCUT2D eigenvalue weighted by Gasteiger charge is -2.09. The number of anilines is 1. The van der Waals surface area contributed by atoms with Gasteiger partial charge in [0.15, 0.2) is 0 Å². The Hall–Kier alpha value is -1.33. The van der Waals surface area contributed by atoms with Crippen LogP contribution in [0.4, 0.5) is 5.69 Å². The first-order valence-corrected chi connectivity index (χ1v) is 5.31. The molecule has 4 N–H and O–H groups in total. The van der Waals surface area contributed by atoms with Gasteiger partial charge in [-0.05, 0) is 12.5 Å². The highest BCUT2D eigenvalue weighted by atomic mass is 35.5. The highest BCUT2D eigenvalue weighted by Crippen LogP contribution is 2.20. The minimum absolute atomic E-state index is 0.120. The Morgan fingerprint density at radius 2 is 2.38 bits per heavy atom. The van der Waals surface area contributed by atoms with Gasteiger partial charge in [-0.3, -0.25) is 4.79 Å². The first kappa shape index (κ1) is 12.7. The third-order valence-electron chi connectivity index (χ3n) is 2.08. The van der Waals surface area contributed by atoms with Crippen molar-refractivity contribution in [1.29, 1.82) is 0 Å². The summed E-state index contributed by atoms with van der Waals surface area (Å²) < 4.78 is 0. The van der Waals surface area contributed by atoms with E-state index in [0.29, 0.717) is 23.4 Å². The number of nitrogen functional groups attached to an aromatic ring is 1. The molecule has 1 aromatic rings. The Bertz CT molecular complexity index is 396. The average Bonchev–Trinajstić information content (AvgIpc) is 2.28. The maximum atomic E-state index is 11.7. The molecule has 0 atom stereocenters. The SMILES string of the molecule is CCc1nc(Cl)cc(C(=O)NCCO)c1N. The molecule has 16 heavy (non-hydrogen) atoms. The topological polar surface area (TPSA) is 88.2 Å². The second-order valence-electron chi connectivity index (χ2n) is 3.19. The van der Waals surface area contributed by atoms with E-state index in [1.54, 1.807) is 0 Å². The van der Waals surface area contributed by atoms with Gasteiger partial charge >= 0.3 is 0 Å². The number of carbonyl (C=O) groups is 1. The molecule has 0 unspecified atom stereocenters. The standard InChI is InChI=1S/C10H14ClN3O2/c1-2-7-9(12)6(5-8(11)14-7)10(16)13-3-4-15/h5,15H,2-4,12H2,1H3,(H,13,16). The smallest absolute Gasteiger partial charge is 0.253 e. The van der Waals surface area contributed by atoms with Crippen LogP contribution in [0.3, 0.4) is 0 Å². The fourth-order valence-electron chi connectivity index (χ4n) is 1.30. The first-order valence-electron chi connectivity index (χ1n) is 4.94. The Balaban J connectivity index is 3.03. The normalized spacial score (nSPS) is 10.2. The van der Waals surface area contributed by atoms with Crippen LogP contribution >= 0.6 is 11.6 Å². The zero-order valence-electron chi connectivity index (χ0n) is 8.96. The quantitative estimate of drug-likeness (QED) is 0.676. The van der Waals surface area contributed by atoms with E-state index in [4.69, 9.17) is 22.4 Å². The van der Waals surface area contributed by atoms with Crippen molar-refractivity contribution >= 4 is 23.2 Å². The molecular formula is C10H14ClN3O2. The minimum Gasteiger partial charge on any atom is -0.397 e. The van der Waals surface area contributed by atoms with E-state index in [2.05, 4.69) is 10.3 Å². The number of rotatable bonds is 4. The number of aromatic nitrogens is 1. The lowest BCUT2D eigenvalue weighted by Crippen LogP contribution is -2.27. The summed E-state index contributed by atoms with van der Waals surface area (Å²) in [6.07, 6.45) is 0.604. The predicted molar refractivity (Wildman–Crippen MR) is 62.5 cm³/mol. The summed E-state index contributed by atoms with van der Waals surface area (Å²) in [6, 6.07) is 1.42. The van der Waals surface area contributed by atoms with Gasteiger partial charge in [-0.2, -0.15) is 0 Å². The van der Waals surface area contributed by atoms with Crippen molar-refractivity contribution in [2.45, 2.75) is 13.3 Å². The highest BCUT2D eigenvalue weighted by Gasteiger charge is 2.14. The third kappa shape index (κ3) is 2.84. The molecule has 0 fully saturated rings. The van der Waals surface area contributed by atoms with Crippen molar-refractivity contribution in [3.05, 3.63) is 22.5 Å². The van der Waals surface area contributed by atoms with Crippen LogP contribution in [0.5, 0.6) is 0 Å². The molecule has 0 bridgehead atoms. The van der Waals surface area contributed by atoms with E-state index in [1.165, 1.54) is 6.07 Å². The Morgan fingerprint density at radius 1 is 1.69 bits per heavy atom.